The standard InChI is InChI=1S/C17H21N3O2/c21-17-12-16(20-8-10-22-11-9-20)7-6-14(17)13-18-19-15-4-2-1-3-5-15/h1-7,12,18-19,21H,8-11,13H2. The maximum absolute atomic E-state index is 10.2. The van der Waals surface area contributed by atoms with Crippen LogP contribution < -0.4 is 15.8 Å². The number of phenols is 1. The van der Waals surface area contributed by atoms with Crippen molar-refractivity contribution < 1.29 is 9.84 Å². The topological polar surface area (TPSA) is 56.8 Å². The van der Waals surface area contributed by atoms with Gasteiger partial charge in [-0.3, -0.25) is 0 Å². The summed E-state index contributed by atoms with van der Waals surface area (Å²) in [4.78, 5) is 2.22. The second-order valence-corrected chi connectivity index (χ2v) is 5.26. The monoisotopic (exact) mass is 299 g/mol. The first-order valence-corrected chi connectivity index (χ1v) is 7.51. The van der Waals surface area contributed by atoms with Gasteiger partial charge < -0.3 is 20.2 Å². The Morgan fingerprint density at radius 3 is 2.55 bits per heavy atom. The van der Waals surface area contributed by atoms with Crippen LogP contribution >= 0.6 is 0 Å². The number of ether oxygens (including phenoxy) is 1. The zero-order valence-corrected chi connectivity index (χ0v) is 12.5. The van der Waals surface area contributed by atoms with Crippen molar-refractivity contribution >= 4 is 11.4 Å². The molecule has 1 heterocycles. The lowest BCUT2D eigenvalue weighted by Crippen LogP contribution is -2.36. The second-order valence-electron chi connectivity index (χ2n) is 5.26. The molecule has 5 nitrogen and oxygen atoms in total. The Hall–Kier alpha value is -2.24. The Bertz CT molecular complexity index is 598. The van der Waals surface area contributed by atoms with E-state index in [2.05, 4.69) is 15.8 Å². The molecule has 22 heavy (non-hydrogen) atoms. The van der Waals surface area contributed by atoms with E-state index in [1.54, 1.807) is 0 Å². The zero-order chi connectivity index (χ0) is 15.2. The van der Waals surface area contributed by atoms with E-state index < -0.39 is 0 Å². The highest BCUT2D eigenvalue weighted by atomic mass is 16.5. The van der Waals surface area contributed by atoms with Gasteiger partial charge in [0.05, 0.1) is 13.2 Å². The molecule has 3 rings (SSSR count). The fourth-order valence-electron chi connectivity index (χ4n) is 2.48. The molecule has 0 amide bonds. The SMILES string of the molecule is Oc1cc(N2CCOCC2)ccc1CNNc1ccccc1. The van der Waals surface area contributed by atoms with Crippen LogP contribution in [0.2, 0.25) is 0 Å². The molecule has 2 aromatic carbocycles. The first kappa shape index (κ1) is 14.7. The van der Waals surface area contributed by atoms with Crippen molar-refractivity contribution in [2.24, 2.45) is 0 Å². The number of nitrogens with one attached hydrogen (secondary N) is 2. The number of hydrogen-bond acceptors (Lipinski definition) is 5. The van der Waals surface area contributed by atoms with Crippen LogP contribution in [-0.4, -0.2) is 31.4 Å². The molecule has 0 aromatic heterocycles. The van der Waals surface area contributed by atoms with Gasteiger partial charge in [0.15, 0.2) is 0 Å². The van der Waals surface area contributed by atoms with Crippen LogP contribution in [0.15, 0.2) is 48.5 Å². The summed E-state index contributed by atoms with van der Waals surface area (Å²) in [6.07, 6.45) is 0. The highest BCUT2D eigenvalue weighted by Gasteiger charge is 2.12. The van der Waals surface area contributed by atoms with Gasteiger partial charge in [0.1, 0.15) is 5.75 Å². The van der Waals surface area contributed by atoms with E-state index in [-0.39, 0.29) is 0 Å². The fourth-order valence-corrected chi connectivity index (χ4v) is 2.48. The number of nitrogens with zero attached hydrogens (tertiary/aromatic N) is 1. The van der Waals surface area contributed by atoms with E-state index in [0.717, 1.165) is 43.2 Å². The molecular weight excluding hydrogens is 278 g/mol. The maximum Gasteiger partial charge on any atom is 0.122 e. The molecule has 0 unspecified atom stereocenters. The largest absolute Gasteiger partial charge is 0.508 e. The molecule has 0 aliphatic carbocycles. The number of rotatable bonds is 5. The van der Waals surface area contributed by atoms with Crippen molar-refractivity contribution in [1.29, 1.82) is 0 Å². The van der Waals surface area contributed by atoms with Crippen LogP contribution in [-0.2, 0) is 11.3 Å². The minimum absolute atomic E-state index is 0.311. The zero-order valence-electron chi connectivity index (χ0n) is 12.5. The van der Waals surface area contributed by atoms with Crippen molar-refractivity contribution in [3.05, 3.63) is 54.1 Å². The number of para-hydroxylation sites is 1. The van der Waals surface area contributed by atoms with E-state index in [0.29, 0.717) is 12.3 Å². The summed E-state index contributed by atoms with van der Waals surface area (Å²) in [5.41, 5.74) is 9.12. The fraction of sp³-hybridized carbons (Fsp3) is 0.294. The number of phenolic OH excluding ortho intramolecular Hbond substituents is 1. The minimum atomic E-state index is 0.311. The molecule has 3 N–H and O–H groups in total. The van der Waals surface area contributed by atoms with Gasteiger partial charge in [-0.15, -0.1) is 0 Å². The van der Waals surface area contributed by atoms with E-state index in [4.69, 9.17) is 4.74 Å². The van der Waals surface area contributed by atoms with Crippen LogP contribution in [0.3, 0.4) is 0 Å². The molecule has 0 saturated carbocycles. The van der Waals surface area contributed by atoms with E-state index in [9.17, 15) is 5.11 Å². The highest BCUT2D eigenvalue weighted by molar-refractivity contribution is 5.53. The first-order chi connectivity index (χ1) is 10.8. The lowest BCUT2D eigenvalue weighted by atomic mass is 10.1. The number of anilines is 2. The first-order valence-electron chi connectivity index (χ1n) is 7.51. The van der Waals surface area contributed by atoms with Crippen LogP contribution in [0.25, 0.3) is 0 Å². The third-order valence-electron chi connectivity index (χ3n) is 3.73. The third kappa shape index (κ3) is 3.69. The highest BCUT2D eigenvalue weighted by Crippen LogP contribution is 2.25. The minimum Gasteiger partial charge on any atom is -0.508 e. The maximum atomic E-state index is 10.2. The lowest BCUT2D eigenvalue weighted by Gasteiger charge is -2.29. The molecule has 1 saturated heterocycles. The van der Waals surface area contributed by atoms with E-state index >= 15 is 0 Å². The molecule has 0 spiro atoms. The van der Waals surface area contributed by atoms with Gasteiger partial charge in [0.2, 0.25) is 0 Å². The number of aromatic hydroxyl groups is 1. The smallest absolute Gasteiger partial charge is 0.122 e. The number of benzene rings is 2. The van der Waals surface area contributed by atoms with Crippen LogP contribution in [0.1, 0.15) is 5.56 Å². The van der Waals surface area contributed by atoms with E-state index in [1.807, 2.05) is 48.5 Å². The van der Waals surface area contributed by atoms with Crippen molar-refractivity contribution in [3.8, 4) is 5.75 Å². The molecule has 1 aliphatic heterocycles. The predicted molar refractivity (Wildman–Crippen MR) is 88.0 cm³/mol. The summed E-state index contributed by atoms with van der Waals surface area (Å²) in [7, 11) is 0. The summed E-state index contributed by atoms with van der Waals surface area (Å²) in [6, 6.07) is 15.7. The van der Waals surface area contributed by atoms with E-state index in [1.165, 1.54) is 0 Å². The Morgan fingerprint density at radius 1 is 1.05 bits per heavy atom. The Labute approximate surface area is 130 Å². The normalized spacial score (nSPS) is 14.8. The number of hydrogen-bond donors (Lipinski definition) is 3. The van der Waals surface area contributed by atoms with Crippen molar-refractivity contribution in [2.45, 2.75) is 6.54 Å². The molecule has 0 radical (unpaired) electrons. The van der Waals surface area contributed by atoms with Gasteiger partial charge in [-0.25, -0.2) is 5.43 Å². The molecule has 2 aromatic rings. The number of hydrazine groups is 1. The second kappa shape index (κ2) is 7.15. The Morgan fingerprint density at radius 2 is 1.82 bits per heavy atom. The predicted octanol–water partition coefficient (Wildman–Crippen LogP) is 2.35. The van der Waals surface area contributed by atoms with Gasteiger partial charge in [0.25, 0.3) is 0 Å². The van der Waals surface area contributed by atoms with Gasteiger partial charge in [-0.05, 0) is 18.2 Å². The molecule has 1 aliphatic rings. The average molecular weight is 299 g/mol. The van der Waals surface area contributed by atoms with Crippen LogP contribution in [0.5, 0.6) is 5.75 Å². The van der Waals surface area contributed by atoms with Crippen LogP contribution in [0, 0.1) is 0 Å². The van der Waals surface area contributed by atoms with Crippen molar-refractivity contribution in [3.63, 3.8) is 0 Å². The van der Waals surface area contributed by atoms with Crippen molar-refractivity contribution in [1.82, 2.24) is 5.43 Å². The quantitative estimate of drug-likeness (QED) is 0.740. The van der Waals surface area contributed by atoms with Gasteiger partial charge in [-0.2, -0.15) is 0 Å². The molecule has 5 heteroatoms. The van der Waals surface area contributed by atoms with Gasteiger partial charge >= 0.3 is 0 Å². The average Bonchev–Trinajstić information content (AvgIpc) is 2.58. The third-order valence-corrected chi connectivity index (χ3v) is 3.73. The Kier molecular flexibility index (Phi) is 4.78. The van der Waals surface area contributed by atoms with Crippen molar-refractivity contribution in [2.75, 3.05) is 36.6 Å². The summed E-state index contributed by atoms with van der Waals surface area (Å²) in [5, 5.41) is 10.2. The van der Waals surface area contributed by atoms with Gasteiger partial charge in [-0.1, -0.05) is 24.3 Å². The molecule has 116 valence electrons. The lowest BCUT2D eigenvalue weighted by molar-refractivity contribution is 0.122. The molecule has 0 atom stereocenters. The molecule has 0 bridgehead atoms. The summed E-state index contributed by atoms with van der Waals surface area (Å²) >= 11 is 0. The molecular formula is C17H21N3O2. The summed E-state index contributed by atoms with van der Waals surface area (Å²) < 4.78 is 5.35. The Balaban J connectivity index is 1.57. The van der Waals surface area contributed by atoms with Gasteiger partial charge in [0, 0.05) is 42.6 Å². The summed E-state index contributed by atoms with van der Waals surface area (Å²) in [5.74, 6) is 0.311. The molecule has 1 fully saturated rings. The van der Waals surface area contributed by atoms with Crippen LogP contribution in [0.4, 0.5) is 11.4 Å². The number of morpholine rings is 1. The summed E-state index contributed by atoms with van der Waals surface area (Å²) in [6.45, 7) is 3.76.